The van der Waals surface area contributed by atoms with Crippen LogP contribution in [0.1, 0.15) is 6.92 Å². The van der Waals surface area contributed by atoms with Gasteiger partial charge in [0.15, 0.2) is 13.1 Å². The van der Waals surface area contributed by atoms with Crippen molar-refractivity contribution in [1.29, 1.82) is 0 Å². The molecule has 144 valence electrons. The van der Waals surface area contributed by atoms with E-state index in [0.717, 1.165) is 10.6 Å². The molecule has 0 saturated heterocycles. The number of hydrogen-bond donors (Lipinski definition) is 3. The van der Waals surface area contributed by atoms with Crippen LogP contribution >= 0.6 is 23.2 Å². The zero-order valence-electron chi connectivity index (χ0n) is 15.1. The van der Waals surface area contributed by atoms with Gasteiger partial charge in [-0.1, -0.05) is 23.2 Å². The lowest BCUT2D eigenvalue weighted by molar-refractivity contribution is -0.862. The summed E-state index contributed by atoms with van der Waals surface area (Å²) in [6, 6.07) is 12.0. The number of nitrogens with one attached hydrogen (secondary N) is 3. The Balaban J connectivity index is 1.79. The van der Waals surface area contributed by atoms with E-state index in [0.29, 0.717) is 28.0 Å². The highest BCUT2D eigenvalue weighted by Gasteiger charge is 2.15. The van der Waals surface area contributed by atoms with Gasteiger partial charge in [-0.15, -0.1) is 0 Å². The van der Waals surface area contributed by atoms with Gasteiger partial charge in [-0.3, -0.25) is 9.59 Å². The van der Waals surface area contributed by atoms with Crippen molar-refractivity contribution in [2.45, 2.75) is 6.92 Å². The Morgan fingerprint density at radius 1 is 0.926 bits per heavy atom. The molecule has 0 bridgehead atoms. The third-order valence-electron chi connectivity index (χ3n) is 3.58. The van der Waals surface area contributed by atoms with E-state index in [1.807, 2.05) is 6.92 Å². The second kappa shape index (κ2) is 10.2. The highest BCUT2D eigenvalue weighted by atomic mass is 35.5. The van der Waals surface area contributed by atoms with Crippen LogP contribution in [0.15, 0.2) is 42.5 Å². The van der Waals surface area contributed by atoms with Gasteiger partial charge in [-0.05, 0) is 49.4 Å². The van der Waals surface area contributed by atoms with Crippen molar-refractivity contribution in [3.63, 3.8) is 0 Å². The number of anilines is 2. The lowest BCUT2D eigenvalue weighted by Crippen LogP contribution is -3.11. The van der Waals surface area contributed by atoms with Gasteiger partial charge in [0.1, 0.15) is 5.75 Å². The van der Waals surface area contributed by atoms with Crippen LogP contribution in [-0.2, 0) is 9.59 Å². The summed E-state index contributed by atoms with van der Waals surface area (Å²) < 4.78 is 5.36. The molecule has 3 N–H and O–H groups in total. The summed E-state index contributed by atoms with van der Waals surface area (Å²) in [4.78, 5) is 25.0. The lowest BCUT2D eigenvalue weighted by atomic mass is 10.3. The number of quaternary nitrogens is 1. The molecule has 0 heterocycles. The molecular weight excluding hydrogens is 389 g/mol. The van der Waals surface area contributed by atoms with Crippen LogP contribution in [0.25, 0.3) is 0 Å². The molecule has 0 saturated carbocycles. The molecule has 0 aliphatic carbocycles. The molecule has 0 aliphatic rings. The highest BCUT2D eigenvalue weighted by Crippen LogP contribution is 2.24. The van der Waals surface area contributed by atoms with E-state index >= 15 is 0 Å². The maximum absolute atomic E-state index is 12.1. The summed E-state index contributed by atoms with van der Waals surface area (Å²) in [6.45, 7) is 2.79. The SMILES string of the molecule is CCOc1ccc(NC(=O)C[NH+](C)CC(=O)Nc2ccc(Cl)c(Cl)c2)cc1. The van der Waals surface area contributed by atoms with Gasteiger partial charge in [-0.2, -0.15) is 0 Å². The molecule has 8 heteroatoms. The first-order valence-electron chi connectivity index (χ1n) is 8.46. The number of carbonyl (C=O) groups is 2. The summed E-state index contributed by atoms with van der Waals surface area (Å²) in [5.41, 5.74) is 1.23. The smallest absolute Gasteiger partial charge is 0.279 e. The Morgan fingerprint density at radius 3 is 2.04 bits per heavy atom. The van der Waals surface area contributed by atoms with Crippen molar-refractivity contribution >= 4 is 46.4 Å². The number of ether oxygens (including phenoxy) is 1. The molecule has 27 heavy (non-hydrogen) atoms. The monoisotopic (exact) mass is 410 g/mol. The van der Waals surface area contributed by atoms with Crippen LogP contribution in [-0.4, -0.2) is 38.6 Å². The zero-order chi connectivity index (χ0) is 19.8. The number of benzene rings is 2. The number of amides is 2. The van der Waals surface area contributed by atoms with Crippen LogP contribution < -0.4 is 20.3 Å². The predicted molar refractivity (Wildman–Crippen MR) is 108 cm³/mol. The fourth-order valence-corrected chi connectivity index (χ4v) is 2.69. The Hall–Kier alpha value is -2.28. The minimum Gasteiger partial charge on any atom is -0.494 e. The molecule has 2 aromatic carbocycles. The fourth-order valence-electron chi connectivity index (χ4n) is 2.40. The minimum absolute atomic E-state index is 0.136. The largest absolute Gasteiger partial charge is 0.494 e. The van der Waals surface area contributed by atoms with Crippen molar-refractivity contribution in [1.82, 2.24) is 0 Å². The summed E-state index contributed by atoms with van der Waals surface area (Å²) in [5.74, 6) is 0.343. The number of carbonyl (C=O) groups excluding carboxylic acids is 2. The second-order valence-electron chi connectivity index (χ2n) is 5.99. The normalized spacial score (nSPS) is 11.6. The van der Waals surface area contributed by atoms with Gasteiger partial charge >= 0.3 is 0 Å². The molecule has 0 aliphatic heterocycles. The molecule has 2 rings (SSSR count). The Bertz CT molecular complexity index is 797. The minimum atomic E-state index is -0.222. The molecule has 0 fully saturated rings. The molecular formula is C19H22Cl2N3O3+. The van der Waals surface area contributed by atoms with Crippen molar-refractivity contribution in [2.75, 3.05) is 37.4 Å². The molecule has 0 radical (unpaired) electrons. The quantitative estimate of drug-likeness (QED) is 0.625. The summed E-state index contributed by atoms with van der Waals surface area (Å²) in [7, 11) is 1.77. The third kappa shape index (κ3) is 7.09. The van der Waals surface area contributed by atoms with Gasteiger partial charge in [0.2, 0.25) is 0 Å². The van der Waals surface area contributed by atoms with Crippen LogP contribution in [0.4, 0.5) is 11.4 Å². The fraction of sp³-hybridized carbons (Fsp3) is 0.263. The van der Waals surface area contributed by atoms with Gasteiger partial charge in [-0.25, -0.2) is 0 Å². The molecule has 0 aromatic heterocycles. The summed E-state index contributed by atoms with van der Waals surface area (Å²) >= 11 is 11.8. The van der Waals surface area contributed by atoms with Crippen molar-refractivity contribution in [3.05, 3.63) is 52.5 Å². The van der Waals surface area contributed by atoms with E-state index < -0.39 is 0 Å². The topological polar surface area (TPSA) is 71.9 Å². The Labute approximate surface area is 168 Å². The van der Waals surface area contributed by atoms with Crippen LogP contribution in [0.3, 0.4) is 0 Å². The second-order valence-corrected chi connectivity index (χ2v) is 6.81. The molecule has 6 nitrogen and oxygen atoms in total. The van der Waals surface area contributed by atoms with Crippen LogP contribution in [0.2, 0.25) is 10.0 Å². The first-order valence-corrected chi connectivity index (χ1v) is 9.22. The molecule has 0 spiro atoms. The van der Waals surface area contributed by atoms with Gasteiger partial charge < -0.3 is 20.3 Å². The maximum Gasteiger partial charge on any atom is 0.279 e. The summed E-state index contributed by atoms with van der Waals surface area (Å²) in [5, 5.41) is 6.32. The highest BCUT2D eigenvalue weighted by molar-refractivity contribution is 6.42. The lowest BCUT2D eigenvalue weighted by Gasteiger charge is -2.14. The van der Waals surface area contributed by atoms with E-state index in [1.54, 1.807) is 49.5 Å². The molecule has 1 unspecified atom stereocenters. The van der Waals surface area contributed by atoms with Crippen molar-refractivity contribution in [2.24, 2.45) is 0 Å². The molecule has 2 aromatic rings. The molecule has 1 atom stereocenters. The van der Waals surface area contributed by atoms with Gasteiger partial charge in [0, 0.05) is 11.4 Å². The predicted octanol–water partition coefficient (Wildman–Crippen LogP) is 2.48. The number of likely N-dealkylation sites (N-methyl/N-ethyl adjacent to an activating group) is 1. The van der Waals surface area contributed by atoms with E-state index in [4.69, 9.17) is 27.9 Å². The Kier molecular flexibility index (Phi) is 7.91. The van der Waals surface area contributed by atoms with Crippen molar-refractivity contribution in [3.8, 4) is 5.75 Å². The van der Waals surface area contributed by atoms with E-state index in [2.05, 4.69) is 10.6 Å². The van der Waals surface area contributed by atoms with Gasteiger partial charge in [0.05, 0.1) is 23.7 Å². The van der Waals surface area contributed by atoms with E-state index in [-0.39, 0.29) is 24.9 Å². The number of hydrogen-bond acceptors (Lipinski definition) is 3. The number of halogens is 2. The maximum atomic E-state index is 12.1. The summed E-state index contributed by atoms with van der Waals surface area (Å²) in [6.07, 6.45) is 0. The average Bonchev–Trinajstić information content (AvgIpc) is 2.59. The zero-order valence-corrected chi connectivity index (χ0v) is 16.7. The van der Waals surface area contributed by atoms with E-state index in [1.165, 1.54) is 0 Å². The Morgan fingerprint density at radius 2 is 1.48 bits per heavy atom. The first-order chi connectivity index (χ1) is 12.9. The van der Waals surface area contributed by atoms with E-state index in [9.17, 15) is 9.59 Å². The van der Waals surface area contributed by atoms with Gasteiger partial charge in [0.25, 0.3) is 11.8 Å². The standard InChI is InChI=1S/C19H21Cl2N3O3/c1-3-27-15-7-4-13(5-8-15)22-18(25)11-24(2)12-19(26)23-14-6-9-16(20)17(21)10-14/h4-10H,3,11-12H2,1-2H3,(H,22,25)(H,23,26)/p+1. The van der Waals surface area contributed by atoms with Crippen molar-refractivity contribution < 1.29 is 19.2 Å². The molecule has 2 amide bonds. The third-order valence-corrected chi connectivity index (χ3v) is 4.32. The van der Waals surface area contributed by atoms with Crippen LogP contribution in [0, 0.1) is 0 Å². The number of rotatable bonds is 8. The van der Waals surface area contributed by atoms with Crippen LogP contribution in [0.5, 0.6) is 5.75 Å². The first kappa shape index (κ1) is 21.0. The average molecular weight is 411 g/mol.